The zero-order valence-electron chi connectivity index (χ0n) is 16.5. The molecule has 2 atom stereocenters. The van der Waals surface area contributed by atoms with Gasteiger partial charge in [0, 0.05) is 43.5 Å². The van der Waals surface area contributed by atoms with E-state index in [0.29, 0.717) is 24.9 Å². The van der Waals surface area contributed by atoms with Crippen molar-refractivity contribution in [2.75, 3.05) is 26.2 Å². The van der Waals surface area contributed by atoms with Gasteiger partial charge < -0.3 is 15.5 Å². The van der Waals surface area contributed by atoms with Crippen LogP contribution in [-0.2, 0) is 11.2 Å². The maximum atomic E-state index is 12.4. The molecule has 1 aromatic rings. The van der Waals surface area contributed by atoms with Crippen LogP contribution in [0.1, 0.15) is 51.3 Å². The summed E-state index contributed by atoms with van der Waals surface area (Å²) in [7, 11) is 0. The predicted octanol–water partition coefficient (Wildman–Crippen LogP) is 3.27. The van der Waals surface area contributed by atoms with Crippen LogP contribution in [-0.4, -0.2) is 49.0 Å². The van der Waals surface area contributed by atoms with Crippen molar-refractivity contribution in [1.82, 2.24) is 15.5 Å². The molecule has 2 unspecified atom stereocenters. The van der Waals surface area contributed by atoms with Crippen molar-refractivity contribution in [3.8, 4) is 0 Å². The molecule has 2 rings (SSSR count). The zero-order valence-corrected chi connectivity index (χ0v) is 17.3. The van der Waals surface area contributed by atoms with Crippen molar-refractivity contribution in [2.45, 2.75) is 58.9 Å². The summed E-state index contributed by atoms with van der Waals surface area (Å²) in [6.45, 7) is 9.60. The highest BCUT2D eigenvalue weighted by molar-refractivity contribution is 7.09. The Kier molecular flexibility index (Phi) is 8.95. The molecule has 6 heteroatoms. The Bertz CT molecular complexity index is 558. The summed E-state index contributed by atoms with van der Waals surface area (Å²) in [5, 5.41) is 8.71. The van der Waals surface area contributed by atoms with Crippen LogP contribution in [0.2, 0.25) is 0 Å². The van der Waals surface area contributed by atoms with E-state index >= 15 is 0 Å². The Morgan fingerprint density at radius 1 is 1.42 bits per heavy atom. The van der Waals surface area contributed by atoms with Crippen LogP contribution in [0, 0.1) is 5.92 Å². The third kappa shape index (κ3) is 6.98. The molecule has 1 saturated heterocycles. The number of nitrogens with one attached hydrogen (secondary N) is 2. The average molecular weight is 379 g/mol. The van der Waals surface area contributed by atoms with E-state index in [2.05, 4.69) is 48.9 Å². The minimum Gasteiger partial charge on any atom is -0.357 e. The maximum absolute atomic E-state index is 12.4. The second kappa shape index (κ2) is 11.2. The fourth-order valence-electron chi connectivity index (χ4n) is 3.33. The lowest BCUT2D eigenvalue weighted by atomic mass is 10.0. The van der Waals surface area contributed by atoms with Crippen molar-refractivity contribution in [1.29, 1.82) is 0 Å². The molecule has 1 aliphatic heterocycles. The summed E-state index contributed by atoms with van der Waals surface area (Å²) in [5.74, 6) is 1.57. The Balaban J connectivity index is 1.74. The molecule has 0 aromatic carbocycles. The first-order valence-corrected chi connectivity index (χ1v) is 10.8. The predicted molar refractivity (Wildman–Crippen MR) is 111 cm³/mol. The maximum Gasteiger partial charge on any atom is 0.224 e. The average Bonchev–Trinajstić information content (AvgIpc) is 3.13. The third-order valence-electron chi connectivity index (χ3n) is 4.79. The SMILES string of the molecule is CCNC(=NCC(C)Cc1cccs1)NCCC(=O)N1CCCCC1C. The largest absolute Gasteiger partial charge is 0.357 e. The molecular weight excluding hydrogens is 344 g/mol. The van der Waals surface area contributed by atoms with Gasteiger partial charge in [0.05, 0.1) is 0 Å². The number of thiophene rings is 1. The van der Waals surface area contributed by atoms with Gasteiger partial charge in [0.25, 0.3) is 0 Å². The first-order valence-electron chi connectivity index (χ1n) is 9.94. The zero-order chi connectivity index (χ0) is 18.8. The van der Waals surface area contributed by atoms with E-state index in [1.54, 1.807) is 11.3 Å². The number of hydrogen-bond donors (Lipinski definition) is 2. The number of likely N-dealkylation sites (tertiary alicyclic amines) is 1. The molecule has 5 nitrogen and oxygen atoms in total. The summed E-state index contributed by atoms with van der Waals surface area (Å²) in [5.41, 5.74) is 0. The summed E-state index contributed by atoms with van der Waals surface area (Å²) in [6.07, 6.45) is 5.09. The smallest absolute Gasteiger partial charge is 0.224 e. The van der Waals surface area contributed by atoms with Gasteiger partial charge in [0.15, 0.2) is 5.96 Å². The number of piperidine rings is 1. The number of aliphatic imine (C=N–C) groups is 1. The molecule has 1 aromatic heterocycles. The fraction of sp³-hybridized carbons (Fsp3) is 0.700. The molecule has 0 spiro atoms. The van der Waals surface area contributed by atoms with Crippen molar-refractivity contribution in [3.05, 3.63) is 22.4 Å². The molecule has 0 saturated carbocycles. The molecule has 146 valence electrons. The summed E-state index contributed by atoms with van der Waals surface area (Å²) in [6, 6.07) is 4.67. The second-order valence-corrected chi connectivity index (χ2v) is 8.25. The van der Waals surface area contributed by atoms with E-state index in [1.165, 1.54) is 11.3 Å². The van der Waals surface area contributed by atoms with Crippen molar-refractivity contribution in [3.63, 3.8) is 0 Å². The molecule has 0 radical (unpaired) electrons. The Morgan fingerprint density at radius 2 is 2.27 bits per heavy atom. The number of amides is 1. The third-order valence-corrected chi connectivity index (χ3v) is 5.69. The van der Waals surface area contributed by atoms with Crippen LogP contribution in [0.4, 0.5) is 0 Å². The van der Waals surface area contributed by atoms with Gasteiger partial charge in [-0.3, -0.25) is 9.79 Å². The molecule has 0 bridgehead atoms. The first-order chi connectivity index (χ1) is 12.6. The Labute approximate surface area is 162 Å². The minimum absolute atomic E-state index is 0.256. The van der Waals surface area contributed by atoms with Gasteiger partial charge in [0.1, 0.15) is 0 Å². The Hall–Kier alpha value is -1.56. The van der Waals surface area contributed by atoms with Crippen LogP contribution in [0.5, 0.6) is 0 Å². The van der Waals surface area contributed by atoms with E-state index in [9.17, 15) is 4.79 Å². The van der Waals surface area contributed by atoms with Gasteiger partial charge in [-0.15, -0.1) is 11.3 Å². The molecule has 26 heavy (non-hydrogen) atoms. The first kappa shape index (κ1) is 20.7. The van der Waals surface area contributed by atoms with Gasteiger partial charge >= 0.3 is 0 Å². The van der Waals surface area contributed by atoms with Crippen LogP contribution >= 0.6 is 11.3 Å². The number of rotatable bonds is 8. The lowest BCUT2D eigenvalue weighted by Crippen LogP contribution is -2.44. The minimum atomic E-state index is 0.256. The Morgan fingerprint density at radius 3 is 2.96 bits per heavy atom. The topological polar surface area (TPSA) is 56.7 Å². The lowest BCUT2D eigenvalue weighted by molar-refractivity contribution is -0.134. The molecule has 2 heterocycles. The molecule has 2 N–H and O–H groups in total. The van der Waals surface area contributed by atoms with Gasteiger partial charge in [-0.1, -0.05) is 13.0 Å². The van der Waals surface area contributed by atoms with Gasteiger partial charge in [-0.25, -0.2) is 0 Å². The number of hydrogen-bond acceptors (Lipinski definition) is 3. The highest BCUT2D eigenvalue weighted by Gasteiger charge is 2.22. The summed E-state index contributed by atoms with van der Waals surface area (Å²) in [4.78, 5) is 20.6. The van der Waals surface area contributed by atoms with Crippen LogP contribution in [0.25, 0.3) is 0 Å². The van der Waals surface area contributed by atoms with Crippen molar-refractivity contribution < 1.29 is 4.79 Å². The van der Waals surface area contributed by atoms with Crippen LogP contribution in [0.15, 0.2) is 22.5 Å². The van der Waals surface area contributed by atoms with E-state index < -0.39 is 0 Å². The van der Waals surface area contributed by atoms with E-state index in [0.717, 1.165) is 44.9 Å². The van der Waals surface area contributed by atoms with Gasteiger partial charge in [-0.2, -0.15) is 0 Å². The van der Waals surface area contributed by atoms with Gasteiger partial charge in [-0.05, 0) is 56.9 Å². The number of carbonyl (C=O) groups excluding carboxylic acids is 1. The second-order valence-electron chi connectivity index (χ2n) is 7.22. The fourth-order valence-corrected chi connectivity index (χ4v) is 4.20. The number of guanidine groups is 1. The summed E-state index contributed by atoms with van der Waals surface area (Å²) < 4.78 is 0. The van der Waals surface area contributed by atoms with Crippen LogP contribution in [0.3, 0.4) is 0 Å². The van der Waals surface area contributed by atoms with Gasteiger partial charge in [0.2, 0.25) is 5.91 Å². The standard InChI is InChI=1S/C20H34N4OS/c1-4-21-20(23-15-16(2)14-18-9-7-13-26-18)22-11-10-19(25)24-12-6-5-8-17(24)3/h7,9,13,16-17H,4-6,8,10-12,14-15H2,1-3H3,(H2,21,22,23). The summed E-state index contributed by atoms with van der Waals surface area (Å²) >= 11 is 1.80. The molecule has 0 aliphatic carbocycles. The highest BCUT2D eigenvalue weighted by Crippen LogP contribution is 2.17. The van der Waals surface area contributed by atoms with E-state index in [4.69, 9.17) is 4.99 Å². The lowest BCUT2D eigenvalue weighted by Gasteiger charge is -2.33. The number of carbonyl (C=O) groups is 1. The quantitative estimate of drug-likeness (QED) is 0.539. The molecule has 1 fully saturated rings. The number of nitrogens with zero attached hydrogens (tertiary/aromatic N) is 2. The van der Waals surface area contributed by atoms with Crippen molar-refractivity contribution >= 4 is 23.2 Å². The molecular formula is C20H34N4OS. The highest BCUT2D eigenvalue weighted by atomic mass is 32.1. The normalized spacial score (nSPS) is 19.3. The van der Waals surface area contributed by atoms with Crippen LogP contribution < -0.4 is 10.6 Å². The van der Waals surface area contributed by atoms with E-state index in [1.807, 2.05) is 4.90 Å². The molecule has 1 amide bonds. The molecule has 1 aliphatic rings. The van der Waals surface area contributed by atoms with Crippen molar-refractivity contribution in [2.24, 2.45) is 10.9 Å². The van der Waals surface area contributed by atoms with E-state index in [-0.39, 0.29) is 5.91 Å². The monoisotopic (exact) mass is 378 g/mol.